The van der Waals surface area contributed by atoms with Crippen LogP contribution in [0.4, 0.5) is 0 Å². The first-order valence-electron chi connectivity index (χ1n) is 7.47. The fourth-order valence-corrected chi connectivity index (χ4v) is 2.98. The molecule has 1 aliphatic rings. The third-order valence-corrected chi connectivity index (χ3v) is 4.02. The number of carbonyl (C=O) groups excluding carboxylic acids is 1. The van der Waals surface area contributed by atoms with Crippen LogP contribution in [0.1, 0.15) is 23.5 Å². The van der Waals surface area contributed by atoms with E-state index in [4.69, 9.17) is 4.74 Å². The van der Waals surface area contributed by atoms with Crippen molar-refractivity contribution in [3.8, 4) is 5.75 Å². The van der Waals surface area contributed by atoms with Crippen LogP contribution in [0.5, 0.6) is 5.75 Å². The van der Waals surface area contributed by atoms with Gasteiger partial charge in [0.25, 0.3) is 0 Å². The number of para-hydroxylation sites is 1. The Morgan fingerprint density at radius 3 is 2.55 bits per heavy atom. The Balaban J connectivity index is 2.10. The number of benzene rings is 2. The summed E-state index contributed by atoms with van der Waals surface area (Å²) in [5.74, 6) is 0.970. The average Bonchev–Trinajstić information content (AvgIpc) is 2.77. The molecule has 0 bridgehead atoms. The SMILES string of the molecule is COc1ccccc1[C@H]1CCNC(=O)C=C1c1ccccc1. The maximum atomic E-state index is 12.0. The van der Waals surface area contributed by atoms with E-state index in [0.717, 1.165) is 28.9 Å². The fraction of sp³-hybridized carbons (Fsp3) is 0.211. The lowest BCUT2D eigenvalue weighted by atomic mass is 9.84. The summed E-state index contributed by atoms with van der Waals surface area (Å²) in [7, 11) is 1.69. The van der Waals surface area contributed by atoms with Gasteiger partial charge in [-0.1, -0.05) is 48.5 Å². The molecule has 0 aliphatic carbocycles. The van der Waals surface area contributed by atoms with Gasteiger partial charge < -0.3 is 10.1 Å². The normalized spacial score (nSPS) is 18.1. The molecule has 3 heteroatoms. The first-order valence-corrected chi connectivity index (χ1v) is 7.47. The van der Waals surface area contributed by atoms with Crippen molar-refractivity contribution in [2.24, 2.45) is 0 Å². The lowest BCUT2D eigenvalue weighted by molar-refractivity contribution is -0.116. The quantitative estimate of drug-likeness (QED) is 0.942. The minimum absolute atomic E-state index is 0.0312. The summed E-state index contributed by atoms with van der Waals surface area (Å²) in [5.41, 5.74) is 3.24. The van der Waals surface area contributed by atoms with Crippen LogP contribution in [0.3, 0.4) is 0 Å². The monoisotopic (exact) mass is 293 g/mol. The van der Waals surface area contributed by atoms with Gasteiger partial charge in [0.1, 0.15) is 5.75 Å². The third-order valence-electron chi connectivity index (χ3n) is 4.02. The molecule has 1 amide bonds. The van der Waals surface area contributed by atoms with E-state index in [2.05, 4.69) is 11.4 Å². The molecule has 2 aromatic carbocycles. The molecule has 0 fully saturated rings. The van der Waals surface area contributed by atoms with Crippen LogP contribution in [0.2, 0.25) is 0 Å². The largest absolute Gasteiger partial charge is 0.496 e. The Labute approximate surface area is 130 Å². The molecule has 0 radical (unpaired) electrons. The number of hydrogen-bond acceptors (Lipinski definition) is 2. The van der Waals surface area contributed by atoms with Crippen molar-refractivity contribution in [1.82, 2.24) is 5.32 Å². The number of methoxy groups -OCH3 is 1. The number of amides is 1. The van der Waals surface area contributed by atoms with E-state index in [9.17, 15) is 4.79 Å². The van der Waals surface area contributed by atoms with Gasteiger partial charge in [0.15, 0.2) is 0 Å². The Kier molecular flexibility index (Phi) is 4.24. The van der Waals surface area contributed by atoms with Crippen molar-refractivity contribution in [2.45, 2.75) is 12.3 Å². The zero-order chi connectivity index (χ0) is 15.4. The van der Waals surface area contributed by atoms with E-state index in [0.29, 0.717) is 6.54 Å². The van der Waals surface area contributed by atoms with Crippen LogP contribution < -0.4 is 10.1 Å². The van der Waals surface area contributed by atoms with E-state index in [1.165, 1.54) is 0 Å². The molecule has 2 aromatic rings. The predicted octanol–water partition coefficient (Wildman–Crippen LogP) is 3.38. The molecule has 0 spiro atoms. The lowest BCUT2D eigenvalue weighted by Gasteiger charge is -2.21. The molecular weight excluding hydrogens is 274 g/mol. The Morgan fingerprint density at radius 2 is 1.77 bits per heavy atom. The van der Waals surface area contributed by atoms with E-state index >= 15 is 0 Å². The van der Waals surface area contributed by atoms with Gasteiger partial charge in [-0.15, -0.1) is 0 Å². The molecule has 0 saturated heterocycles. The Bertz CT molecular complexity index is 692. The molecule has 22 heavy (non-hydrogen) atoms. The summed E-state index contributed by atoms with van der Waals surface area (Å²) < 4.78 is 5.52. The van der Waals surface area contributed by atoms with Crippen LogP contribution in [0.25, 0.3) is 5.57 Å². The van der Waals surface area contributed by atoms with E-state index < -0.39 is 0 Å². The van der Waals surface area contributed by atoms with E-state index in [1.807, 2.05) is 48.5 Å². The van der Waals surface area contributed by atoms with Crippen LogP contribution in [-0.4, -0.2) is 19.6 Å². The first-order chi connectivity index (χ1) is 10.8. The highest BCUT2D eigenvalue weighted by Crippen LogP contribution is 2.39. The van der Waals surface area contributed by atoms with Gasteiger partial charge in [0.2, 0.25) is 5.91 Å². The van der Waals surface area contributed by atoms with E-state index in [1.54, 1.807) is 13.2 Å². The second-order valence-corrected chi connectivity index (χ2v) is 5.34. The van der Waals surface area contributed by atoms with Gasteiger partial charge in [0.05, 0.1) is 7.11 Å². The molecule has 1 atom stereocenters. The van der Waals surface area contributed by atoms with Crippen molar-refractivity contribution in [3.63, 3.8) is 0 Å². The fourth-order valence-electron chi connectivity index (χ4n) is 2.98. The maximum Gasteiger partial charge on any atom is 0.244 e. The average molecular weight is 293 g/mol. The number of carbonyl (C=O) groups is 1. The number of allylic oxidation sites excluding steroid dienone is 1. The number of hydrogen-bond donors (Lipinski definition) is 1. The molecule has 1 aliphatic heterocycles. The summed E-state index contributed by atoms with van der Waals surface area (Å²) in [6.45, 7) is 0.661. The summed E-state index contributed by atoms with van der Waals surface area (Å²) in [6.07, 6.45) is 2.58. The highest BCUT2D eigenvalue weighted by Gasteiger charge is 2.24. The van der Waals surface area contributed by atoms with Gasteiger partial charge in [-0.05, 0) is 23.6 Å². The zero-order valence-corrected chi connectivity index (χ0v) is 12.6. The summed E-state index contributed by atoms with van der Waals surface area (Å²) >= 11 is 0. The van der Waals surface area contributed by atoms with Gasteiger partial charge in [-0.25, -0.2) is 0 Å². The predicted molar refractivity (Wildman–Crippen MR) is 87.8 cm³/mol. The van der Waals surface area contributed by atoms with Gasteiger partial charge in [0, 0.05) is 24.1 Å². The zero-order valence-electron chi connectivity index (χ0n) is 12.6. The van der Waals surface area contributed by atoms with Gasteiger partial charge in [-0.3, -0.25) is 4.79 Å². The summed E-state index contributed by atoms with van der Waals surface area (Å²) in [4.78, 5) is 12.0. The topological polar surface area (TPSA) is 38.3 Å². The highest BCUT2D eigenvalue weighted by molar-refractivity contribution is 5.97. The maximum absolute atomic E-state index is 12.0. The molecule has 0 unspecified atom stereocenters. The molecule has 0 saturated carbocycles. The minimum atomic E-state index is -0.0312. The molecule has 0 aromatic heterocycles. The van der Waals surface area contributed by atoms with Crippen molar-refractivity contribution in [1.29, 1.82) is 0 Å². The van der Waals surface area contributed by atoms with Crippen molar-refractivity contribution >= 4 is 11.5 Å². The first kappa shape index (κ1) is 14.4. The molecular formula is C19H19NO2. The van der Waals surface area contributed by atoms with Crippen LogP contribution in [-0.2, 0) is 4.79 Å². The minimum Gasteiger partial charge on any atom is -0.496 e. The number of rotatable bonds is 3. The second kappa shape index (κ2) is 6.48. The summed E-state index contributed by atoms with van der Waals surface area (Å²) in [5, 5.41) is 2.93. The third kappa shape index (κ3) is 2.89. The van der Waals surface area contributed by atoms with Gasteiger partial charge in [-0.2, -0.15) is 0 Å². The van der Waals surface area contributed by atoms with Crippen molar-refractivity contribution in [2.75, 3.05) is 13.7 Å². The molecule has 112 valence electrons. The molecule has 3 rings (SSSR count). The lowest BCUT2D eigenvalue weighted by Crippen LogP contribution is -2.20. The smallest absolute Gasteiger partial charge is 0.244 e. The van der Waals surface area contributed by atoms with Crippen molar-refractivity contribution < 1.29 is 9.53 Å². The van der Waals surface area contributed by atoms with Crippen LogP contribution in [0.15, 0.2) is 60.7 Å². The summed E-state index contributed by atoms with van der Waals surface area (Å²) in [6, 6.07) is 18.1. The van der Waals surface area contributed by atoms with Crippen molar-refractivity contribution in [3.05, 3.63) is 71.8 Å². The number of ether oxygens (including phenoxy) is 1. The standard InChI is InChI=1S/C19H19NO2/c1-22-18-10-6-5-9-16(18)15-11-12-20-19(21)13-17(15)14-7-3-2-4-8-14/h2-10,13,15H,11-12H2,1H3,(H,20,21)/t15-/m1/s1. The molecule has 1 N–H and O–H groups in total. The Hall–Kier alpha value is -2.55. The van der Waals surface area contributed by atoms with E-state index in [-0.39, 0.29) is 11.8 Å². The Morgan fingerprint density at radius 1 is 1.05 bits per heavy atom. The number of nitrogens with one attached hydrogen (secondary N) is 1. The molecule has 1 heterocycles. The van der Waals surface area contributed by atoms with Crippen LogP contribution >= 0.6 is 0 Å². The van der Waals surface area contributed by atoms with Gasteiger partial charge >= 0.3 is 0 Å². The molecule has 3 nitrogen and oxygen atoms in total. The highest BCUT2D eigenvalue weighted by atomic mass is 16.5. The second-order valence-electron chi connectivity index (χ2n) is 5.34. The van der Waals surface area contributed by atoms with Crippen LogP contribution in [0, 0.1) is 0 Å².